The van der Waals surface area contributed by atoms with E-state index in [-0.39, 0.29) is 29.1 Å². The van der Waals surface area contributed by atoms with Gasteiger partial charge in [0.15, 0.2) is 0 Å². The highest BCUT2D eigenvalue weighted by molar-refractivity contribution is 7.92. The predicted octanol–water partition coefficient (Wildman–Crippen LogP) is 5.27. The topological polar surface area (TPSA) is 96.0 Å². The first kappa shape index (κ1) is 31.0. The fraction of sp³-hybridized carbons (Fsp3) is 0.333. The molecule has 0 unspecified atom stereocenters. The third kappa shape index (κ3) is 7.55. The molecule has 0 aliphatic heterocycles. The highest BCUT2D eigenvalue weighted by Crippen LogP contribution is 2.33. The fourth-order valence-electron chi connectivity index (χ4n) is 4.28. The van der Waals surface area contributed by atoms with Crippen LogP contribution >= 0.6 is 11.6 Å². The van der Waals surface area contributed by atoms with Gasteiger partial charge >= 0.3 is 0 Å². The Morgan fingerprint density at radius 2 is 1.55 bits per heavy atom. The molecule has 1 atom stereocenters. The summed E-state index contributed by atoms with van der Waals surface area (Å²) in [7, 11) is -4.20. The molecule has 0 aliphatic carbocycles. The summed E-state index contributed by atoms with van der Waals surface area (Å²) >= 11 is 6.43. The number of nitrogens with zero attached hydrogens (tertiary/aromatic N) is 2. The van der Waals surface area contributed by atoms with Gasteiger partial charge in [0.25, 0.3) is 10.0 Å². The quantitative estimate of drug-likeness (QED) is 0.295. The molecular formula is C30H36ClN3O5S. The van der Waals surface area contributed by atoms with Gasteiger partial charge in [-0.1, -0.05) is 67.1 Å². The molecule has 0 aliphatic rings. The van der Waals surface area contributed by atoms with E-state index in [1.165, 1.54) is 17.0 Å². The highest BCUT2D eigenvalue weighted by Gasteiger charge is 2.35. The van der Waals surface area contributed by atoms with Crippen molar-refractivity contribution in [2.45, 2.75) is 57.6 Å². The van der Waals surface area contributed by atoms with E-state index >= 15 is 0 Å². The van der Waals surface area contributed by atoms with Crippen molar-refractivity contribution in [2.24, 2.45) is 0 Å². The zero-order valence-electron chi connectivity index (χ0n) is 23.2. The van der Waals surface area contributed by atoms with Gasteiger partial charge in [0.2, 0.25) is 11.8 Å². The number of carbonyl (C=O) groups is 2. The predicted molar refractivity (Wildman–Crippen MR) is 158 cm³/mol. The van der Waals surface area contributed by atoms with Gasteiger partial charge < -0.3 is 15.0 Å². The summed E-state index contributed by atoms with van der Waals surface area (Å²) in [4.78, 5) is 28.8. The van der Waals surface area contributed by atoms with Crippen LogP contribution in [0.1, 0.15) is 39.7 Å². The number of rotatable bonds is 13. The van der Waals surface area contributed by atoms with Crippen molar-refractivity contribution >= 4 is 39.1 Å². The van der Waals surface area contributed by atoms with Crippen LogP contribution in [0.25, 0.3) is 0 Å². The zero-order valence-corrected chi connectivity index (χ0v) is 24.8. The summed E-state index contributed by atoms with van der Waals surface area (Å²) in [5.74, 6) is -0.568. The molecule has 2 amide bonds. The Morgan fingerprint density at radius 1 is 0.925 bits per heavy atom. The van der Waals surface area contributed by atoms with Gasteiger partial charge in [0, 0.05) is 17.6 Å². The molecule has 3 rings (SSSR count). The van der Waals surface area contributed by atoms with Gasteiger partial charge in [-0.15, -0.1) is 0 Å². The second-order valence-electron chi connectivity index (χ2n) is 9.43. The van der Waals surface area contributed by atoms with Crippen LogP contribution in [-0.2, 0) is 26.2 Å². The standard InChI is InChI=1S/C30H36ClN3O5S/c1-5-26(30(36)32-22(3)4)33(20-23-14-10-11-17-25(23)31)29(35)21-34(27-18-12-13-19-28(27)39-6-2)40(37,38)24-15-8-7-9-16-24/h7-19,22,26H,5-6,20-21H2,1-4H3,(H,32,36)/t26-/m1/s1. The number of amides is 2. The molecule has 3 aromatic carbocycles. The summed E-state index contributed by atoms with van der Waals surface area (Å²) in [6, 6.07) is 20.6. The zero-order chi connectivity index (χ0) is 29.3. The van der Waals surface area contributed by atoms with Gasteiger partial charge in [-0.2, -0.15) is 0 Å². The van der Waals surface area contributed by atoms with Gasteiger partial charge in [0.1, 0.15) is 18.3 Å². The van der Waals surface area contributed by atoms with E-state index < -0.39 is 28.5 Å². The lowest BCUT2D eigenvalue weighted by Crippen LogP contribution is -2.53. The third-order valence-electron chi connectivity index (χ3n) is 6.16. The molecule has 0 bridgehead atoms. The Bertz CT molecular complexity index is 1400. The molecule has 10 heteroatoms. The summed E-state index contributed by atoms with van der Waals surface area (Å²) in [5, 5.41) is 3.32. The smallest absolute Gasteiger partial charge is 0.264 e. The Hall–Kier alpha value is -3.56. The number of ether oxygens (including phenoxy) is 1. The lowest BCUT2D eigenvalue weighted by molar-refractivity contribution is -0.140. The SMILES string of the molecule is CCOc1ccccc1N(CC(=O)N(Cc1ccccc1Cl)[C@H](CC)C(=O)NC(C)C)S(=O)(=O)c1ccccc1. The van der Waals surface area contributed by atoms with Crippen molar-refractivity contribution in [3.63, 3.8) is 0 Å². The number of nitrogens with one attached hydrogen (secondary N) is 1. The van der Waals surface area contributed by atoms with Crippen molar-refractivity contribution in [2.75, 3.05) is 17.5 Å². The molecule has 8 nitrogen and oxygen atoms in total. The van der Waals surface area contributed by atoms with E-state index in [0.717, 1.165) is 4.31 Å². The number of sulfonamides is 1. The number of halogens is 1. The Labute approximate surface area is 241 Å². The van der Waals surface area contributed by atoms with Crippen LogP contribution < -0.4 is 14.4 Å². The minimum atomic E-state index is -4.20. The van der Waals surface area contributed by atoms with Crippen LogP contribution in [-0.4, -0.2) is 50.4 Å². The number of hydrogen-bond acceptors (Lipinski definition) is 5. The van der Waals surface area contributed by atoms with Crippen LogP contribution in [0.5, 0.6) is 5.75 Å². The van der Waals surface area contributed by atoms with Crippen LogP contribution in [0.4, 0.5) is 5.69 Å². The second kappa shape index (κ2) is 14.2. The molecule has 0 aromatic heterocycles. The van der Waals surface area contributed by atoms with E-state index in [2.05, 4.69) is 5.32 Å². The summed E-state index contributed by atoms with van der Waals surface area (Å²) in [5.41, 5.74) is 0.861. The van der Waals surface area contributed by atoms with Crippen LogP contribution in [0.2, 0.25) is 5.02 Å². The number of benzene rings is 3. The van der Waals surface area contributed by atoms with Crippen molar-refractivity contribution in [3.05, 3.63) is 89.4 Å². The molecule has 0 saturated carbocycles. The molecular weight excluding hydrogens is 550 g/mol. The minimum absolute atomic E-state index is 0.0227. The molecule has 3 aromatic rings. The maximum absolute atomic E-state index is 14.1. The van der Waals surface area contributed by atoms with Crippen molar-refractivity contribution in [1.82, 2.24) is 10.2 Å². The van der Waals surface area contributed by atoms with Crippen molar-refractivity contribution in [3.8, 4) is 5.75 Å². The Balaban J connectivity index is 2.11. The molecule has 0 fully saturated rings. The van der Waals surface area contributed by atoms with Crippen LogP contribution in [0.15, 0.2) is 83.8 Å². The number of para-hydroxylation sites is 2. The normalized spacial score (nSPS) is 12.1. The summed E-state index contributed by atoms with van der Waals surface area (Å²) < 4.78 is 34.7. The molecule has 0 heterocycles. The second-order valence-corrected chi connectivity index (χ2v) is 11.7. The summed E-state index contributed by atoms with van der Waals surface area (Å²) in [6.45, 7) is 7.04. The van der Waals surface area contributed by atoms with Gasteiger partial charge in [-0.3, -0.25) is 13.9 Å². The lowest BCUT2D eigenvalue weighted by Gasteiger charge is -2.34. The highest BCUT2D eigenvalue weighted by atomic mass is 35.5. The third-order valence-corrected chi connectivity index (χ3v) is 8.30. The van der Waals surface area contributed by atoms with Gasteiger partial charge in [0.05, 0.1) is 17.2 Å². The van der Waals surface area contributed by atoms with E-state index in [1.54, 1.807) is 80.6 Å². The number of anilines is 1. The average Bonchev–Trinajstić information content (AvgIpc) is 2.93. The first-order valence-corrected chi connectivity index (χ1v) is 15.0. The molecule has 214 valence electrons. The lowest BCUT2D eigenvalue weighted by atomic mass is 10.1. The molecule has 1 N–H and O–H groups in total. The van der Waals surface area contributed by atoms with E-state index in [0.29, 0.717) is 29.4 Å². The van der Waals surface area contributed by atoms with E-state index in [4.69, 9.17) is 16.3 Å². The minimum Gasteiger partial charge on any atom is -0.492 e. The van der Waals surface area contributed by atoms with E-state index in [1.807, 2.05) is 13.8 Å². The maximum atomic E-state index is 14.1. The van der Waals surface area contributed by atoms with Gasteiger partial charge in [-0.05, 0) is 63.1 Å². The summed E-state index contributed by atoms with van der Waals surface area (Å²) in [6.07, 6.45) is 0.315. The monoisotopic (exact) mass is 585 g/mol. The first-order valence-electron chi connectivity index (χ1n) is 13.2. The van der Waals surface area contributed by atoms with Gasteiger partial charge in [-0.25, -0.2) is 8.42 Å². The Morgan fingerprint density at radius 3 is 2.17 bits per heavy atom. The average molecular weight is 586 g/mol. The largest absolute Gasteiger partial charge is 0.492 e. The van der Waals surface area contributed by atoms with Crippen molar-refractivity contribution in [1.29, 1.82) is 0 Å². The van der Waals surface area contributed by atoms with Crippen molar-refractivity contribution < 1.29 is 22.7 Å². The first-order chi connectivity index (χ1) is 19.1. The van der Waals surface area contributed by atoms with Crippen LogP contribution in [0, 0.1) is 0 Å². The molecule has 0 saturated heterocycles. The maximum Gasteiger partial charge on any atom is 0.264 e. The number of hydrogen-bond donors (Lipinski definition) is 1. The molecule has 0 radical (unpaired) electrons. The molecule has 40 heavy (non-hydrogen) atoms. The number of carbonyl (C=O) groups excluding carboxylic acids is 2. The fourth-order valence-corrected chi connectivity index (χ4v) is 5.93. The van der Waals surface area contributed by atoms with E-state index in [9.17, 15) is 18.0 Å². The molecule has 0 spiro atoms. The van der Waals surface area contributed by atoms with Crippen LogP contribution in [0.3, 0.4) is 0 Å². The Kier molecular flexibility index (Phi) is 11.0.